The van der Waals surface area contributed by atoms with Gasteiger partial charge in [0.2, 0.25) is 5.78 Å². The number of phenols is 2. The molecule has 6 heteroatoms. The Kier molecular flexibility index (Phi) is 5.30. The summed E-state index contributed by atoms with van der Waals surface area (Å²) >= 11 is 0. The molecule has 1 aliphatic rings. The largest absolute Gasteiger partial charge is 0.508 e. The van der Waals surface area contributed by atoms with Crippen LogP contribution in [0.15, 0.2) is 107 Å². The number of aromatic hydroxyl groups is 2. The van der Waals surface area contributed by atoms with Crippen LogP contribution in [0, 0.1) is 0 Å². The van der Waals surface area contributed by atoms with Crippen LogP contribution in [-0.2, 0) is 4.79 Å². The van der Waals surface area contributed by atoms with E-state index in [0.29, 0.717) is 28.5 Å². The van der Waals surface area contributed by atoms with E-state index >= 15 is 0 Å². The van der Waals surface area contributed by atoms with Crippen molar-refractivity contribution in [1.29, 1.82) is 0 Å². The van der Waals surface area contributed by atoms with E-state index in [1.54, 1.807) is 54.6 Å². The van der Waals surface area contributed by atoms with Crippen molar-refractivity contribution in [2.24, 2.45) is 4.99 Å². The first-order valence-corrected chi connectivity index (χ1v) is 9.31. The average Bonchev–Trinajstić information content (AvgIpc) is 2.75. The second-order valence-corrected chi connectivity index (χ2v) is 6.66. The maximum Gasteiger partial charge on any atom is 0.204 e. The maximum absolute atomic E-state index is 12.7. The van der Waals surface area contributed by atoms with Gasteiger partial charge in [-0.1, -0.05) is 18.2 Å². The molecule has 0 amide bonds. The maximum atomic E-state index is 12.7. The molecule has 3 aromatic rings. The molecule has 4 N–H and O–H groups in total. The molecule has 0 fully saturated rings. The molecule has 0 unspecified atom stereocenters. The second-order valence-electron chi connectivity index (χ2n) is 6.66. The SMILES string of the molecule is O=C1C=C(Nc2ccccc2)C(=Nc2ccc(O)cc2)C=C1Nc1ccc(O)cc1. The van der Waals surface area contributed by atoms with E-state index in [2.05, 4.69) is 15.6 Å². The summed E-state index contributed by atoms with van der Waals surface area (Å²) in [7, 11) is 0. The van der Waals surface area contributed by atoms with Crippen molar-refractivity contribution in [1.82, 2.24) is 0 Å². The van der Waals surface area contributed by atoms with Crippen LogP contribution in [-0.4, -0.2) is 21.7 Å². The molecule has 0 radical (unpaired) electrons. The molecule has 0 bridgehead atoms. The molecule has 0 saturated heterocycles. The summed E-state index contributed by atoms with van der Waals surface area (Å²) in [6.45, 7) is 0. The van der Waals surface area contributed by atoms with Gasteiger partial charge in [-0.2, -0.15) is 0 Å². The van der Waals surface area contributed by atoms with E-state index in [-0.39, 0.29) is 17.3 Å². The van der Waals surface area contributed by atoms with Gasteiger partial charge in [0.15, 0.2) is 0 Å². The van der Waals surface area contributed by atoms with Crippen LogP contribution in [0.2, 0.25) is 0 Å². The molecule has 4 rings (SSSR count). The number of benzene rings is 3. The van der Waals surface area contributed by atoms with Gasteiger partial charge in [-0.3, -0.25) is 4.79 Å². The Balaban J connectivity index is 1.68. The lowest BCUT2D eigenvalue weighted by Gasteiger charge is -2.18. The van der Waals surface area contributed by atoms with Gasteiger partial charge in [0.05, 0.1) is 22.8 Å². The number of hydrogen-bond donors (Lipinski definition) is 4. The van der Waals surface area contributed by atoms with E-state index in [9.17, 15) is 15.0 Å². The van der Waals surface area contributed by atoms with Crippen molar-refractivity contribution in [2.75, 3.05) is 10.6 Å². The highest BCUT2D eigenvalue weighted by Gasteiger charge is 2.19. The molecule has 6 nitrogen and oxygen atoms in total. The zero-order valence-corrected chi connectivity index (χ0v) is 15.9. The van der Waals surface area contributed by atoms with Crippen molar-refractivity contribution in [3.63, 3.8) is 0 Å². The molecule has 0 spiro atoms. The smallest absolute Gasteiger partial charge is 0.204 e. The van der Waals surface area contributed by atoms with Gasteiger partial charge in [-0.15, -0.1) is 0 Å². The Morgan fingerprint density at radius 3 is 1.87 bits per heavy atom. The van der Waals surface area contributed by atoms with Gasteiger partial charge in [0.1, 0.15) is 11.5 Å². The number of ketones is 1. The van der Waals surface area contributed by atoms with E-state index < -0.39 is 0 Å². The summed E-state index contributed by atoms with van der Waals surface area (Å²) in [6.07, 6.45) is 3.17. The fraction of sp³-hybridized carbons (Fsp3) is 0. The number of carbonyl (C=O) groups is 1. The van der Waals surface area contributed by atoms with Crippen LogP contribution < -0.4 is 10.6 Å². The topological polar surface area (TPSA) is 94.0 Å². The zero-order chi connectivity index (χ0) is 20.9. The number of nitrogens with zero attached hydrogens (tertiary/aromatic N) is 1. The van der Waals surface area contributed by atoms with Crippen LogP contribution in [0.4, 0.5) is 17.1 Å². The van der Waals surface area contributed by atoms with Crippen LogP contribution in [0.25, 0.3) is 0 Å². The molecular formula is C24H19N3O3. The summed E-state index contributed by atoms with van der Waals surface area (Å²) in [4.78, 5) is 17.4. The van der Waals surface area contributed by atoms with Crippen molar-refractivity contribution >= 4 is 28.6 Å². The number of anilines is 2. The standard InChI is InChI=1S/C24H19N3O3/c28-19-10-6-17(7-11-19)26-21-14-23(27-18-8-12-20(29)13-9-18)24(30)15-22(21)25-16-4-2-1-3-5-16/h1-15,25,27-29H. The summed E-state index contributed by atoms with van der Waals surface area (Å²) < 4.78 is 0. The van der Waals surface area contributed by atoms with E-state index in [1.807, 2.05) is 30.3 Å². The third kappa shape index (κ3) is 4.56. The summed E-state index contributed by atoms with van der Waals surface area (Å²) in [5, 5.41) is 25.3. The number of hydrogen-bond acceptors (Lipinski definition) is 6. The predicted octanol–water partition coefficient (Wildman–Crippen LogP) is 4.75. The zero-order valence-electron chi connectivity index (χ0n) is 15.9. The lowest BCUT2D eigenvalue weighted by atomic mass is 10.0. The highest BCUT2D eigenvalue weighted by atomic mass is 16.3. The number of phenolic OH excluding ortho intramolecular Hbond substituents is 2. The normalized spacial score (nSPS) is 14.8. The Bertz CT molecular complexity index is 1150. The van der Waals surface area contributed by atoms with Crippen molar-refractivity contribution in [3.05, 3.63) is 102 Å². The number of allylic oxidation sites excluding steroid dienone is 2. The van der Waals surface area contributed by atoms with E-state index in [0.717, 1.165) is 5.69 Å². The Hall–Kier alpha value is -4.32. The first-order valence-electron chi connectivity index (χ1n) is 9.31. The molecule has 0 aliphatic heterocycles. The van der Waals surface area contributed by atoms with Gasteiger partial charge < -0.3 is 20.8 Å². The Morgan fingerprint density at radius 2 is 1.20 bits per heavy atom. The number of para-hydroxylation sites is 1. The molecule has 148 valence electrons. The van der Waals surface area contributed by atoms with Crippen molar-refractivity contribution in [2.45, 2.75) is 0 Å². The highest BCUT2D eigenvalue weighted by molar-refractivity contribution is 6.24. The quantitative estimate of drug-likeness (QED) is 0.368. The van der Waals surface area contributed by atoms with Gasteiger partial charge >= 0.3 is 0 Å². The minimum Gasteiger partial charge on any atom is -0.508 e. The third-order valence-corrected chi connectivity index (χ3v) is 4.40. The Morgan fingerprint density at radius 1 is 0.633 bits per heavy atom. The monoisotopic (exact) mass is 397 g/mol. The van der Waals surface area contributed by atoms with Gasteiger partial charge in [0.25, 0.3) is 0 Å². The predicted molar refractivity (Wildman–Crippen MR) is 118 cm³/mol. The minimum absolute atomic E-state index is 0.147. The molecule has 3 aromatic carbocycles. The summed E-state index contributed by atoms with van der Waals surface area (Å²) in [5.74, 6) is 0.0978. The first kappa shape index (κ1) is 19.0. The van der Waals surface area contributed by atoms with Gasteiger partial charge in [-0.25, -0.2) is 4.99 Å². The lowest BCUT2D eigenvalue weighted by molar-refractivity contribution is -0.111. The third-order valence-electron chi connectivity index (χ3n) is 4.40. The van der Waals surface area contributed by atoms with Crippen molar-refractivity contribution < 1.29 is 15.0 Å². The fourth-order valence-corrected chi connectivity index (χ4v) is 2.90. The van der Waals surface area contributed by atoms with E-state index in [1.165, 1.54) is 6.08 Å². The summed E-state index contributed by atoms with van der Waals surface area (Å²) in [5.41, 5.74) is 3.62. The minimum atomic E-state index is -0.203. The average molecular weight is 397 g/mol. The molecule has 0 atom stereocenters. The van der Waals surface area contributed by atoms with Crippen LogP contribution >= 0.6 is 0 Å². The van der Waals surface area contributed by atoms with Crippen molar-refractivity contribution in [3.8, 4) is 11.5 Å². The summed E-state index contributed by atoms with van der Waals surface area (Å²) in [6, 6.07) is 22.5. The van der Waals surface area contributed by atoms with Gasteiger partial charge in [-0.05, 0) is 66.7 Å². The molecule has 1 aliphatic carbocycles. The molecular weight excluding hydrogens is 378 g/mol. The second kappa shape index (κ2) is 8.36. The van der Waals surface area contributed by atoms with Crippen LogP contribution in [0.5, 0.6) is 11.5 Å². The molecule has 0 saturated carbocycles. The van der Waals surface area contributed by atoms with E-state index in [4.69, 9.17) is 0 Å². The number of carbonyl (C=O) groups excluding carboxylic acids is 1. The van der Waals surface area contributed by atoms with Crippen LogP contribution in [0.3, 0.4) is 0 Å². The highest BCUT2D eigenvalue weighted by Crippen LogP contribution is 2.24. The first-order chi connectivity index (χ1) is 14.6. The molecule has 0 aromatic heterocycles. The van der Waals surface area contributed by atoms with Crippen LogP contribution in [0.1, 0.15) is 0 Å². The lowest BCUT2D eigenvalue weighted by Crippen LogP contribution is -2.22. The molecule has 0 heterocycles. The number of nitrogens with one attached hydrogen (secondary N) is 2. The number of aliphatic imine (C=N–C) groups is 1. The Labute approximate surface area is 173 Å². The number of rotatable bonds is 5. The molecule has 30 heavy (non-hydrogen) atoms. The fourth-order valence-electron chi connectivity index (χ4n) is 2.90. The van der Waals surface area contributed by atoms with Gasteiger partial charge in [0, 0.05) is 17.5 Å².